The summed E-state index contributed by atoms with van der Waals surface area (Å²) in [4.78, 5) is 8.48. The van der Waals surface area contributed by atoms with Crippen molar-refractivity contribution < 1.29 is 17.9 Å². The van der Waals surface area contributed by atoms with Crippen molar-refractivity contribution in [1.82, 2.24) is 0 Å². The number of guanidine groups is 1. The van der Waals surface area contributed by atoms with Crippen molar-refractivity contribution in [1.29, 1.82) is 0 Å². The summed E-state index contributed by atoms with van der Waals surface area (Å²) in [5.74, 6) is 0.139. The maximum Gasteiger partial charge on any atom is 0.573 e. The number of hydrogen-bond acceptors (Lipinski definition) is 2. The molecule has 27 heavy (non-hydrogen) atoms. The van der Waals surface area contributed by atoms with E-state index in [0.29, 0.717) is 12.2 Å². The van der Waals surface area contributed by atoms with Gasteiger partial charge in [0.15, 0.2) is 0 Å². The Morgan fingerprint density at radius 2 is 1.78 bits per heavy atom. The lowest BCUT2D eigenvalue weighted by Gasteiger charge is -2.10. The van der Waals surface area contributed by atoms with Crippen molar-refractivity contribution >= 4 is 17.5 Å². The number of rotatable bonds is 5. The van der Waals surface area contributed by atoms with Gasteiger partial charge in [-0.05, 0) is 31.2 Å². The van der Waals surface area contributed by atoms with Crippen molar-refractivity contribution in [2.75, 3.05) is 11.9 Å². The summed E-state index contributed by atoms with van der Waals surface area (Å²) < 4.78 is 40.5. The maximum absolute atomic E-state index is 12.2. The van der Waals surface area contributed by atoms with Gasteiger partial charge in [0.2, 0.25) is 5.96 Å². The number of nitrogens with one attached hydrogen (secondary N) is 1. The van der Waals surface area contributed by atoms with Gasteiger partial charge >= 0.3 is 6.36 Å². The zero-order chi connectivity index (χ0) is 19.9. The molecule has 0 aromatic heterocycles. The number of amidine groups is 1. The van der Waals surface area contributed by atoms with Crippen molar-refractivity contribution in [3.63, 3.8) is 0 Å². The van der Waals surface area contributed by atoms with E-state index in [0.717, 1.165) is 11.1 Å². The minimum atomic E-state index is -4.74. The van der Waals surface area contributed by atoms with Crippen LogP contribution >= 0.6 is 0 Å². The molecular formula is C19H19F3N4O. The van der Waals surface area contributed by atoms with E-state index in [-0.39, 0.29) is 17.5 Å². The zero-order valence-electron chi connectivity index (χ0n) is 14.6. The van der Waals surface area contributed by atoms with Crippen LogP contribution in [0.25, 0.3) is 0 Å². The first-order chi connectivity index (χ1) is 12.8. The first-order valence-corrected chi connectivity index (χ1v) is 7.96. The van der Waals surface area contributed by atoms with Gasteiger partial charge in [-0.2, -0.15) is 4.99 Å². The van der Waals surface area contributed by atoms with Gasteiger partial charge in [0.25, 0.3) is 0 Å². The average Bonchev–Trinajstić information content (AvgIpc) is 2.60. The van der Waals surface area contributed by atoms with Crippen LogP contribution in [-0.4, -0.2) is 24.7 Å². The molecule has 0 saturated heterocycles. The van der Waals surface area contributed by atoms with Crippen LogP contribution in [0.5, 0.6) is 5.75 Å². The molecule has 0 saturated carbocycles. The number of halogens is 3. The molecule has 0 aliphatic heterocycles. The summed E-state index contributed by atoms with van der Waals surface area (Å²) >= 11 is 0. The summed E-state index contributed by atoms with van der Waals surface area (Å²) in [6.07, 6.45) is -3.15. The third-order valence-electron chi connectivity index (χ3n) is 3.29. The van der Waals surface area contributed by atoms with Crippen molar-refractivity contribution in [2.45, 2.75) is 13.3 Å². The summed E-state index contributed by atoms with van der Waals surface area (Å²) in [5, 5.41) is 2.91. The summed E-state index contributed by atoms with van der Waals surface area (Å²) in [5.41, 5.74) is 8.32. The summed E-state index contributed by atoms with van der Waals surface area (Å²) in [6.45, 7) is 5.85. The number of benzene rings is 2. The van der Waals surface area contributed by atoms with E-state index >= 15 is 0 Å². The highest BCUT2D eigenvalue weighted by atomic mass is 19.4. The molecule has 142 valence electrons. The van der Waals surface area contributed by atoms with Gasteiger partial charge in [-0.1, -0.05) is 35.9 Å². The number of hydrogen-bond donors (Lipinski definition) is 2. The molecule has 0 amide bonds. The lowest BCUT2D eigenvalue weighted by Crippen LogP contribution is -2.20. The second kappa shape index (κ2) is 8.88. The van der Waals surface area contributed by atoms with Crippen LogP contribution in [-0.2, 0) is 0 Å². The molecule has 0 aliphatic carbocycles. The van der Waals surface area contributed by atoms with Crippen LogP contribution < -0.4 is 15.8 Å². The Morgan fingerprint density at radius 3 is 2.33 bits per heavy atom. The Balaban J connectivity index is 2.18. The fourth-order valence-corrected chi connectivity index (χ4v) is 2.03. The summed E-state index contributed by atoms with van der Waals surface area (Å²) in [6, 6.07) is 12.7. The highest BCUT2D eigenvalue weighted by Gasteiger charge is 2.30. The Hall–Kier alpha value is -3.29. The molecule has 3 N–H and O–H groups in total. The quantitative estimate of drug-likeness (QED) is 0.465. The lowest BCUT2D eigenvalue weighted by atomic mass is 10.1. The number of anilines is 1. The standard InChI is InChI=1S/C19H19F3N4O/c1-3-12-24-18(26-17(23)14-6-4-13(2)5-7-14)25-15-8-10-16(11-9-15)27-19(20,21)22/h3-11H,1,12H2,2H3,(H3,23,24,25,26). The van der Waals surface area contributed by atoms with Gasteiger partial charge in [0, 0.05) is 11.3 Å². The second-order valence-corrected chi connectivity index (χ2v) is 5.51. The molecule has 2 aromatic rings. The summed E-state index contributed by atoms with van der Waals surface area (Å²) in [7, 11) is 0. The van der Waals surface area contributed by atoms with E-state index in [4.69, 9.17) is 5.73 Å². The van der Waals surface area contributed by atoms with E-state index < -0.39 is 6.36 Å². The number of aryl methyl sites for hydroxylation is 1. The molecule has 2 aromatic carbocycles. The van der Waals surface area contributed by atoms with Gasteiger partial charge in [-0.3, -0.25) is 0 Å². The van der Waals surface area contributed by atoms with Crippen molar-refractivity contribution in [3.05, 3.63) is 72.3 Å². The van der Waals surface area contributed by atoms with Gasteiger partial charge in [-0.25, -0.2) is 4.99 Å². The van der Waals surface area contributed by atoms with Crippen LogP contribution in [0.1, 0.15) is 11.1 Å². The predicted octanol–water partition coefficient (Wildman–Crippen LogP) is 4.25. The molecule has 0 fully saturated rings. The fourth-order valence-electron chi connectivity index (χ4n) is 2.03. The molecule has 0 atom stereocenters. The second-order valence-electron chi connectivity index (χ2n) is 5.51. The zero-order valence-corrected chi connectivity index (χ0v) is 14.6. The number of nitrogens with zero attached hydrogens (tertiary/aromatic N) is 2. The van der Waals surface area contributed by atoms with Crippen LogP contribution in [0.2, 0.25) is 0 Å². The normalized spacial score (nSPS) is 12.6. The van der Waals surface area contributed by atoms with Crippen molar-refractivity contribution in [2.24, 2.45) is 15.7 Å². The molecule has 8 heteroatoms. The molecule has 0 radical (unpaired) electrons. The molecule has 0 aliphatic rings. The maximum atomic E-state index is 12.2. The first kappa shape index (κ1) is 20.0. The minimum absolute atomic E-state index is 0.206. The molecule has 2 rings (SSSR count). The van der Waals surface area contributed by atoms with E-state index in [1.807, 2.05) is 31.2 Å². The Kier molecular flexibility index (Phi) is 6.59. The fraction of sp³-hybridized carbons (Fsp3) is 0.158. The van der Waals surface area contributed by atoms with E-state index in [1.54, 1.807) is 6.08 Å². The van der Waals surface area contributed by atoms with E-state index in [1.165, 1.54) is 24.3 Å². The molecule has 0 spiro atoms. The highest BCUT2D eigenvalue weighted by Crippen LogP contribution is 2.24. The van der Waals surface area contributed by atoms with Crippen LogP contribution in [0.4, 0.5) is 18.9 Å². The van der Waals surface area contributed by atoms with Crippen molar-refractivity contribution in [3.8, 4) is 5.75 Å². The Labute approximate surface area is 155 Å². The van der Waals surface area contributed by atoms with Gasteiger partial charge in [0.05, 0.1) is 6.54 Å². The lowest BCUT2D eigenvalue weighted by molar-refractivity contribution is -0.274. The number of ether oxygens (including phenoxy) is 1. The number of aliphatic imine (C=N–C) groups is 2. The smallest absolute Gasteiger partial charge is 0.406 e. The molecule has 0 bridgehead atoms. The van der Waals surface area contributed by atoms with Crippen LogP contribution in [0.15, 0.2) is 71.2 Å². The van der Waals surface area contributed by atoms with Gasteiger partial charge < -0.3 is 15.8 Å². The molecular weight excluding hydrogens is 357 g/mol. The van der Waals surface area contributed by atoms with Crippen LogP contribution in [0, 0.1) is 6.92 Å². The minimum Gasteiger partial charge on any atom is -0.406 e. The monoisotopic (exact) mass is 376 g/mol. The largest absolute Gasteiger partial charge is 0.573 e. The van der Waals surface area contributed by atoms with E-state index in [2.05, 4.69) is 26.6 Å². The van der Waals surface area contributed by atoms with Gasteiger partial charge in [0.1, 0.15) is 11.6 Å². The third-order valence-corrected chi connectivity index (χ3v) is 3.29. The SMILES string of the molecule is C=CCN=C(N=C(N)c1ccc(C)cc1)Nc1ccc(OC(F)(F)F)cc1. The predicted molar refractivity (Wildman–Crippen MR) is 101 cm³/mol. The highest BCUT2D eigenvalue weighted by molar-refractivity contribution is 6.08. The Bertz CT molecular complexity index is 826. The van der Waals surface area contributed by atoms with E-state index in [9.17, 15) is 13.2 Å². The number of alkyl halides is 3. The molecule has 5 nitrogen and oxygen atoms in total. The first-order valence-electron chi connectivity index (χ1n) is 7.96. The topological polar surface area (TPSA) is 72.0 Å². The average molecular weight is 376 g/mol. The van der Waals surface area contributed by atoms with Gasteiger partial charge in [-0.15, -0.1) is 19.8 Å². The number of nitrogens with two attached hydrogens (primary N) is 1. The Morgan fingerprint density at radius 1 is 1.15 bits per heavy atom. The molecule has 0 heterocycles. The third kappa shape index (κ3) is 6.85. The molecule has 0 unspecified atom stereocenters. The van der Waals surface area contributed by atoms with Crippen LogP contribution in [0.3, 0.4) is 0 Å².